The van der Waals surface area contributed by atoms with Crippen LogP contribution in [0.25, 0.3) is 0 Å². The number of unbranched alkanes of at least 4 members (excludes halogenated alkanes) is 1. The van der Waals surface area contributed by atoms with Crippen LogP contribution in [0, 0.1) is 5.92 Å². The summed E-state index contributed by atoms with van der Waals surface area (Å²) in [7, 11) is -3.49. The van der Waals surface area contributed by atoms with E-state index in [-0.39, 0.29) is 12.5 Å². The Morgan fingerprint density at radius 1 is 1.07 bits per heavy atom. The van der Waals surface area contributed by atoms with Crippen molar-refractivity contribution in [2.75, 3.05) is 17.1 Å². The second kappa shape index (κ2) is 11.4. The first-order chi connectivity index (χ1) is 14.2. The van der Waals surface area contributed by atoms with Gasteiger partial charge in [0.2, 0.25) is 10.0 Å². The number of nitrogens with one attached hydrogen (secondary N) is 1. The number of amides is 1. The van der Waals surface area contributed by atoms with Gasteiger partial charge in [-0.05, 0) is 54.3 Å². The van der Waals surface area contributed by atoms with E-state index in [0.717, 1.165) is 31.2 Å². The molecule has 1 atom stereocenters. The molecule has 0 aromatic heterocycles. The number of carbonyl (C=O) groups is 1. The zero-order valence-electron chi connectivity index (χ0n) is 17.9. The van der Waals surface area contributed by atoms with Crippen LogP contribution in [-0.4, -0.2) is 27.1 Å². The average Bonchev–Trinajstić information content (AvgIpc) is 2.72. The molecule has 0 heterocycles. The van der Waals surface area contributed by atoms with Gasteiger partial charge in [0, 0.05) is 17.1 Å². The zero-order valence-corrected chi connectivity index (χ0v) is 19.5. The minimum Gasteiger partial charge on any atom is -0.352 e. The Kier molecular flexibility index (Phi) is 9.18. The molecule has 0 fully saturated rings. The Labute approximate surface area is 185 Å². The third-order valence-electron chi connectivity index (χ3n) is 5.15. The molecule has 2 rings (SSSR count). The quantitative estimate of drug-likeness (QED) is 0.508. The monoisotopic (exact) mass is 450 g/mol. The van der Waals surface area contributed by atoms with E-state index in [2.05, 4.69) is 19.2 Å². The summed E-state index contributed by atoms with van der Waals surface area (Å²) < 4.78 is 26.0. The summed E-state index contributed by atoms with van der Waals surface area (Å²) in [5, 5.41) is 3.60. The fourth-order valence-electron chi connectivity index (χ4n) is 3.22. The lowest BCUT2D eigenvalue weighted by molar-refractivity contribution is 0.0946. The number of halogens is 1. The number of rotatable bonds is 11. The third kappa shape index (κ3) is 7.33. The average molecular weight is 451 g/mol. The van der Waals surface area contributed by atoms with E-state index < -0.39 is 10.0 Å². The van der Waals surface area contributed by atoms with Gasteiger partial charge in [-0.1, -0.05) is 56.8 Å². The number of sulfonamides is 1. The molecule has 5 nitrogen and oxygen atoms in total. The molecule has 164 valence electrons. The lowest BCUT2D eigenvalue weighted by Gasteiger charge is -2.23. The van der Waals surface area contributed by atoms with Crippen LogP contribution in [0.5, 0.6) is 0 Å². The maximum Gasteiger partial charge on any atom is 0.251 e. The fourth-order valence-corrected chi connectivity index (χ4v) is 4.23. The van der Waals surface area contributed by atoms with Crippen molar-refractivity contribution in [2.45, 2.75) is 46.1 Å². The van der Waals surface area contributed by atoms with Crippen molar-refractivity contribution in [3.8, 4) is 0 Å². The molecular formula is C23H31ClN2O3S. The van der Waals surface area contributed by atoms with E-state index in [0.29, 0.717) is 28.7 Å². The lowest BCUT2D eigenvalue weighted by atomic mass is 9.99. The molecule has 0 saturated heterocycles. The predicted molar refractivity (Wildman–Crippen MR) is 125 cm³/mol. The first kappa shape index (κ1) is 24.2. The molecule has 2 aromatic rings. The van der Waals surface area contributed by atoms with Crippen molar-refractivity contribution >= 4 is 33.2 Å². The summed E-state index contributed by atoms with van der Waals surface area (Å²) in [6.45, 7) is 5.15. The maximum absolute atomic E-state index is 12.5. The zero-order chi connectivity index (χ0) is 22.1. The van der Waals surface area contributed by atoms with E-state index in [9.17, 15) is 13.2 Å². The smallest absolute Gasteiger partial charge is 0.251 e. The lowest BCUT2D eigenvalue weighted by Crippen LogP contribution is -2.30. The first-order valence-corrected chi connectivity index (χ1v) is 12.6. The molecule has 2 aromatic carbocycles. The Bertz CT molecular complexity index is 912. The first-order valence-electron chi connectivity index (χ1n) is 10.3. The molecule has 0 saturated carbocycles. The summed E-state index contributed by atoms with van der Waals surface area (Å²) >= 11 is 5.91. The van der Waals surface area contributed by atoms with Gasteiger partial charge in [-0.2, -0.15) is 0 Å². The maximum atomic E-state index is 12.5. The van der Waals surface area contributed by atoms with Crippen molar-refractivity contribution in [1.82, 2.24) is 5.32 Å². The number of hydrogen-bond donors (Lipinski definition) is 1. The molecule has 0 radical (unpaired) electrons. The topological polar surface area (TPSA) is 66.5 Å². The number of anilines is 1. The number of hydrogen-bond acceptors (Lipinski definition) is 3. The van der Waals surface area contributed by atoms with Crippen LogP contribution in [0.15, 0.2) is 48.5 Å². The molecule has 30 heavy (non-hydrogen) atoms. The van der Waals surface area contributed by atoms with E-state index in [1.807, 2.05) is 0 Å². The molecule has 1 unspecified atom stereocenters. The summed E-state index contributed by atoms with van der Waals surface area (Å²) in [5.74, 6) is 0.341. The van der Waals surface area contributed by atoms with Crippen molar-refractivity contribution in [3.63, 3.8) is 0 Å². The van der Waals surface area contributed by atoms with Gasteiger partial charge in [0.1, 0.15) is 0 Å². The molecule has 0 aliphatic heterocycles. The molecule has 0 spiro atoms. The second-order valence-electron chi connectivity index (χ2n) is 7.57. The van der Waals surface area contributed by atoms with Crippen LogP contribution in [0.1, 0.15) is 55.5 Å². The van der Waals surface area contributed by atoms with Crippen LogP contribution in [-0.2, 0) is 16.6 Å². The van der Waals surface area contributed by atoms with Crippen molar-refractivity contribution < 1.29 is 13.2 Å². The van der Waals surface area contributed by atoms with E-state index in [1.165, 1.54) is 10.6 Å². The van der Waals surface area contributed by atoms with Gasteiger partial charge in [-0.3, -0.25) is 9.10 Å². The molecule has 1 amide bonds. The molecule has 0 aliphatic rings. The van der Waals surface area contributed by atoms with Gasteiger partial charge < -0.3 is 5.32 Å². The fraction of sp³-hybridized carbons (Fsp3) is 0.435. The second-order valence-corrected chi connectivity index (χ2v) is 9.91. The van der Waals surface area contributed by atoms with E-state index >= 15 is 0 Å². The molecule has 0 aliphatic carbocycles. The third-order valence-corrected chi connectivity index (χ3v) is 6.54. The summed E-state index contributed by atoms with van der Waals surface area (Å²) in [5.41, 5.74) is 1.85. The van der Waals surface area contributed by atoms with Gasteiger partial charge in [-0.25, -0.2) is 8.42 Å². The van der Waals surface area contributed by atoms with E-state index in [1.54, 1.807) is 48.5 Å². The highest BCUT2D eigenvalue weighted by molar-refractivity contribution is 7.92. The Morgan fingerprint density at radius 2 is 1.70 bits per heavy atom. The van der Waals surface area contributed by atoms with Crippen LogP contribution < -0.4 is 9.62 Å². The number of carbonyl (C=O) groups excluding carboxylic acids is 1. The molecular weight excluding hydrogens is 420 g/mol. The Morgan fingerprint density at radius 3 is 2.23 bits per heavy atom. The van der Waals surface area contributed by atoms with Crippen LogP contribution >= 0.6 is 11.6 Å². The largest absolute Gasteiger partial charge is 0.352 e. The highest BCUT2D eigenvalue weighted by Gasteiger charge is 2.18. The van der Waals surface area contributed by atoms with Crippen LogP contribution in [0.3, 0.4) is 0 Å². The SMILES string of the molecule is CCCCC(CC)CNC(=O)c1ccc(N(Cc2ccc(Cl)cc2)S(C)(=O)=O)cc1. The predicted octanol–water partition coefficient (Wildman–Crippen LogP) is 5.25. The van der Waals surface area contributed by atoms with E-state index in [4.69, 9.17) is 11.6 Å². The molecule has 0 bridgehead atoms. The Hall–Kier alpha value is -2.05. The number of nitrogens with zero attached hydrogens (tertiary/aromatic N) is 1. The number of benzene rings is 2. The normalized spacial score (nSPS) is 12.4. The standard InChI is InChI=1S/C23H31ClN2O3S/c1-4-6-7-18(5-2)16-25-23(27)20-10-14-22(15-11-20)26(30(3,28)29)17-19-8-12-21(24)13-9-19/h8-15,18H,4-7,16-17H2,1-3H3,(H,25,27). The van der Waals surface area contributed by atoms with Crippen LogP contribution in [0.4, 0.5) is 5.69 Å². The summed E-state index contributed by atoms with van der Waals surface area (Å²) in [4.78, 5) is 12.5. The van der Waals surface area contributed by atoms with Gasteiger partial charge in [0.25, 0.3) is 5.91 Å². The Balaban J connectivity index is 2.08. The van der Waals surface area contributed by atoms with Crippen molar-refractivity contribution in [2.24, 2.45) is 5.92 Å². The van der Waals surface area contributed by atoms with Gasteiger partial charge in [-0.15, -0.1) is 0 Å². The van der Waals surface area contributed by atoms with Crippen molar-refractivity contribution in [3.05, 3.63) is 64.7 Å². The minimum absolute atomic E-state index is 0.139. The summed E-state index contributed by atoms with van der Waals surface area (Å²) in [6.07, 6.45) is 5.63. The molecule has 7 heteroatoms. The van der Waals surface area contributed by atoms with Gasteiger partial charge in [0.15, 0.2) is 0 Å². The minimum atomic E-state index is -3.49. The molecule has 1 N–H and O–H groups in total. The summed E-state index contributed by atoms with van der Waals surface area (Å²) in [6, 6.07) is 13.7. The highest BCUT2D eigenvalue weighted by Crippen LogP contribution is 2.22. The van der Waals surface area contributed by atoms with Crippen LogP contribution in [0.2, 0.25) is 5.02 Å². The highest BCUT2D eigenvalue weighted by atomic mass is 35.5. The van der Waals surface area contributed by atoms with Gasteiger partial charge in [0.05, 0.1) is 18.5 Å². The van der Waals surface area contributed by atoms with Gasteiger partial charge >= 0.3 is 0 Å². The van der Waals surface area contributed by atoms with Crippen molar-refractivity contribution in [1.29, 1.82) is 0 Å².